The fourth-order valence-corrected chi connectivity index (χ4v) is 0. The molecule has 0 atom stereocenters. The van der Waals surface area contributed by atoms with Crippen molar-refractivity contribution in [1.29, 1.82) is 31.6 Å². The first kappa shape index (κ1) is 56.2. The van der Waals surface area contributed by atoms with E-state index in [0.29, 0.717) is 0 Å². The molecule has 0 aromatic heterocycles. The Hall–Kier alpha value is -1.74. The Labute approximate surface area is 103 Å². The molecule has 0 aromatic carbocycles. The van der Waals surface area contributed by atoms with Crippen LogP contribution in [-0.4, -0.2) is 19.7 Å². The summed E-state index contributed by atoms with van der Waals surface area (Å²) in [6.07, 6.45) is 0. The van der Waals surface area contributed by atoms with Gasteiger partial charge in [0.15, 0.2) is 0 Å². The zero-order valence-electron chi connectivity index (χ0n) is 6.54. The molecule has 6 nitrogen and oxygen atoms in total. The third kappa shape index (κ3) is 290. The van der Waals surface area contributed by atoms with Gasteiger partial charge in [0.2, 0.25) is 0 Å². The number of hydrogen-bond donors (Lipinski definition) is 0. The normalized spacial score (nSPS) is 1.21. The average molecular weight is 331 g/mol. The van der Waals surface area contributed by atoms with Crippen LogP contribution in [0.1, 0.15) is 0 Å². The third-order valence-electron chi connectivity index (χ3n) is 0. The average Bonchev–Trinajstić information content (AvgIpc) is 2.45. The van der Waals surface area contributed by atoms with Crippen LogP contribution in [0.4, 0.5) is 0 Å². The molecule has 0 aromatic rings. The van der Waals surface area contributed by atoms with E-state index in [4.69, 9.17) is 71.0 Å². The molecule has 0 saturated heterocycles. The molecule has 8 heteroatoms. The van der Waals surface area contributed by atoms with Gasteiger partial charge in [-0.1, -0.05) is 0 Å². The van der Waals surface area contributed by atoms with Crippen LogP contribution in [0.3, 0.4) is 0 Å². The van der Waals surface area contributed by atoms with Crippen molar-refractivity contribution in [2.75, 3.05) is 0 Å². The van der Waals surface area contributed by atoms with E-state index in [1.807, 2.05) is 0 Å². The van der Waals surface area contributed by atoms with Gasteiger partial charge in [0.1, 0.15) is 0 Å². The van der Waals surface area contributed by atoms with Crippen molar-refractivity contribution in [3.63, 3.8) is 0 Å². The number of rotatable bonds is 0. The molecule has 0 aliphatic heterocycles. The van der Waals surface area contributed by atoms with Crippen LogP contribution in [0, 0.1) is 71.0 Å². The SMILES string of the molecule is [C-]#N.[C-]#N.[C-]#N.[C-]#N.[C-]#N.[C-]#N.[Fe]=[Sn]. The molecule has 2 radical (unpaired) electrons. The van der Waals surface area contributed by atoms with Crippen LogP contribution in [0.15, 0.2) is 0 Å². The van der Waals surface area contributed by atoms with E-state index in [9.17, 15) is 0 Å². The minimum absolute atomic E-state index is 1.30. The van der Waals surface area contributed by atoms with Gasteiger partial charge in [-0.05, 0) is 0 Å². The van der Waals surface area contributed by atoms with Gasteiger partial charge in [0.05, 0.1) is 0 Å². The molecule has 0 fully saturated rings. The molecule has 0 spiro atoms. The molecular weight excluding hydrogens is 331 g/mol. The standard InChI is InChI=1S/6CN.Fe.Sn/c6*1-2;;/q6*-1;;. The maximum atomic E-state index is 6.25. The van der Waals surface area contributed by atoms with E-state index in [1.165, 1.54) is 19.7 Å². The Bertz CT molecular complexity index is 109. The Morgan fingerprint density at radius 2 is 0.429 bits per heavy atom. The van der Waals surface area contributed by atoms with Crippen LogP contribution >= 0.6 is 0 Å². The van der Waals surface area contributed by atoms with Crippen molar-refractivity contribution in [2.24, 2.45) is 0 Å². The first-order valence-electron chi connectivity index (χ1n) is 1.52. The van der Waals surface area contributed by atoms with Crippen molar-refractivity contribution in [1.82, 2.24) is 0 Å². The van der Waals surface area contributed by atoms with E-state index in [0.717, 1.165) is 0 Å². The van der Waals surface area contributed by atoms with Crippen LogP contribution in [0.25, 0.3) is 0 Å². The second-order valence-electron chi connectivity index (χ2n) is 0. The summed E-state index contributed by atoms with van der Waals surface area (Å²) in [4.78, 5) is 0. The van der Waals surface area contributed by atoms with Gasteiger partial charge in [0.25, 0.3) is 0 Å². The molecule has 0 aliphatic rings. The summed E-state index contributed by atoms with van der Waals surface area (Å²) in [6, 6.07) is 0. The Kier molecular flexibility index (Phi) is 1570. The second kappa shape index (κ2) is 390. The molecule has 0 saturated carbocycles. The van der Waals surface area contributed by atoms with E-state index in [-0.39, 0.29) is 0 Å². The summed E-state index contributed by atoms with van der Waals surface area (Å²) in [5.74, 6) is 0. The fraction of sp³-hybridized carbons (Fsp3) is 0. The minimum atomic E-state index is 1.30. The molecule has 0 amide bonds. The molecule has 0 heterocycles. The molecule has 14 heavy (non-hydrogen) atoms. The maximum absolute atomic E-state index is 6.25. The van der Waals surface area contributed by atoms with Crippen LogP contribution < -0.4 is 0 Å². The summed E-state index contributed by atoms with van der Waals surface area (Å²) in [5, 5.41) is 37.5. The van der Waals surface area contributed by atoms with Gasteiger partial charge in [0, 0.05) is 0 Å². The molecule has 72 valence electrons. The molecule has 0 N–H and O–H groups in total. The van der Waals surface area contributed by atoms with Crippen molar-refractivity contribution in [3.05, 3.63) is 39.4 Å². The van der Waals surface area contributed by atoms with Crippen LogP contribution in [0.5, 0.6) is 0 Å². The van der Waals surface area contributed by atoms with E-state index < -0.39 is 0 Å². The topological polar surface area (TPSA) is 143 Å². The predicted octanol–water partition coefficient (Wildman–Crippen LogP) is 0.195. The number of nitrogens with zero attached hydrogens (tertiary/aromatic N) is 6. The van der Waals surface area contributed by atoms with Crippen molar-refractivity contribution in [3.8, 4) is 0 Å². The van der Waals surface area contributed by atoms with Gasteiger partial charge in [-0.25, -0.2) is 0 Å². The van der Waals surface area contributed by atoms with E-state index in [1.54, 1.807) is 0 Å². The zero-order chi connectivity index (χ0) is 14.0. The van der Waals surface area contributed by atoms with Gasteiger partial charge >= 0.3 is 31.9 Å². The second-order valence-corrected chi connectivity index (χ2v) is 0. The Morgan fingerprint density at radius 1 is 0.429 bits per heavy atom. The van der Waals surface area contributed by atoms with Crippen LogP contribution in [0.2, 0.25) is 0 Å². The molecule has 0 bridgehead atoms. The van der Waals surface area contributed by atoms with Crippen molar-refractivity contribution >= 4 is 19.7 Å². The first-order valence-corrected chi connectivity index (χ1v) is 6.23. The van der Waals surface area contributed by atoms with Gasteiger partial charge in [-0.15, -0.1) is 0 Å². The van der Waals surface area contributed by atoms with Crippen LogP contribution in [-0.2, 0) is 12.2 Å². The number of hydrogen-bond acceptors (Lipinski definition) is 6. The Balaban J connectivity index is -0.00000000817. The van der Waals surface area contributed by atoms with Gasteiger partial charge in [-0.2, -0.15) is 0 Å². The quantitative estimate of drug-likeness (QED) is 0.458. The van der Waals surface area contributed by atoms with Gasteiger partial charge in [-0.3, -0.25) is 0 Å². The van der Waals surface area contributed by atoms with Gasteiger partial charge < -0.3 is 71.0 Å². The molecular formula is C6FeN6Sn-6. The van der Waals surface area contributed by atoms with Crippen molar-refractivity contribution < 1.29 is 12.2 Å². The van der Waals surface area contributed by atoms with Crippen molar-refractivity contribution in [2.45, 2.75) is 0 Å². The zero-order valence-corrected chi connectivity index (χ0v) is 10.5. The summed E-state index contributed by atoms with van der Waals surface area (Å²) >= 11 is 4.64. The summed E-state index contributed by atoms with van der Waals surface area (Å²) in [6.45, 7) is 28.5. The molecule has 0 unspecified atom stereocenters. The molecule has 0 rings (SSSR count). The summed E-state index contributed by atoms with van der Waals surface area (Å²) < 4.78 is 0. The predicted molar refractivity (Wildman–Crippen MR) is 35.6 cm³/mol. The first-order chi connectivity index (χ1) is 7.00. The summed E-state index contributed by atoms with van der Waals surface area (Å²) in [7, 11) is 0. The van der Waals surface area contributed by atoms with E-state index >= 15 is 0 Å². The Morgan fingerprint density at radius 3 is 0.429 bits per heavy atom. The molecule has 0 aliphatic carbocycles. The third-order valence-corrected chi connectivity index (χ3v) is 0. The van der Waals surface area contributed by atoms with E-state index in [2.05, 4.69) is 12.2 Å². The monoisotopic (exact) mass is 332 g/mol. The summed E-state index contributed by atoms with van der Waals surface area (Å²) in [5.41, 5.74) is 0. The fourth-order valence-electron chi connectivity index (χ4n) is 0.